The zero-order valence-corrected chi connectivity index (χ0v) is 19.7. The number of carboxylic acids is 2. The number of carboxylic acid groups (broad SMARTS) is 2. The van der Waals surface area contributed by atoms with Crippen LogP contribution in [0.5, 0.6) is 5.75 Å². The molecule has 0 amide bonds. The fraction of sp³-hybridized carbons (Fsp3) is 0.0476. The van der Waals surface area contributed by atoms with Crippen molar-refractivity contribution in [2.24, 2.45) is 0 Å². The van der Waals surface area contributed by atoms with Gasteiger partial charge in [0.2, 0.25) is 0 Å². The molecule has 0 bridgehead atoms. The topological polar surface area (TPSA) is 176 Å². The van der Waals surface area contributed by atoms with Crippen molar-refractivity contribution in [3.8, 4) is 5.75 Å². The van der Waals surface area contributed by atoms with Gasteiger partial charge in [0.1, 0.15) is 33.4 Å². The number of nitrogens with one attached hydrogen (secondary N) is 2. The first-order valence-electron chi connectivity index (χ1n) is 9.56. The second-order valence-electron chi connectivity index (χ2n) is 6.96. The Balaban J connectivity index is 2.02. The van der Waals surface area contributed by atoms with Crippen molar-refractivity contribution >= 4 is 43.4 Å². The van der Waals surface area contributed by atoms with E-state index in [2.05, 4.69) is 0 Å². The van der Waals surface area contributed by atoms with Crippen molar-refractivity contribution < 1.29 is 50.2 Å². The Labute approximate surface area is 203 Å². The van der Waals surface area contributed by atoms with Crippen molar-refractivity contribution in [1.82, 2.24) is 0 Å². The fourth-order valence-electron chi connectivity index (χ4n) is 3.09. The van der Waals surface area contributed by atoms with Crippen LogP contribution in [0.4, 0.5) is 20.2 Å². The highest BCUT2D eigenvalue weighted by Crippen LogP contribution is 2.31. The number of anilines is 2. The molecule has 0 saturated carbocycles. The molecule has 0 radical (unpaired) electrons. The Kier molecular flexibility index (Phi) is 7.17. The highest BCUT2D eigenvalue weighted by atomic mass is 32.2. The molecule has 190 valence electrons. The minimum absolute atomic E-state index is 0.503. The standard InChI is InChI=1S/C21H16F2N2O9S2/c1-34-16-10-11(35(30,31)24-14-6-2-4-12(22)18(14)20(26)27)8-9-17(16)36(32,33)25-15-7-3-5-13(23)19(15)21(28)29/h2-10,24-25H,1H3,(H,26,27)(H,28,29). The third-order valence-electron chi connectivity index (χ3n) is 4.68. The minimum Gasteiger partial charge on any atom is -0.495 e. The summed E-state index contributed by atoms with van der Waals surface area (Å²) < 4.78 is 88.1. The van der Waals surface area contributed by atoms with Gasteiger partial charge in [-0.3, -0.25) is 9.44 Å². The predicted octanol–water partition coefficient (Wildman–Crippen LogP) is 2.97. The van der Waals surface area contributed by atoms with Crippen molar-refractivity contribution in [1.29, 1.82) is 0 Å². The van der Waals surface area contributed by atoms with Crippen LogP contribution in [-0.2, 0) is 20.0 Å². The normalized spacial score (nSPS) is 11.5. The van der Waals surface area contributed by atoms with Crippen LogP contribution in [0.25, 0.3) is 0 Å². The minimum atomic E-state index is -4.62. The molecular formula is C21H16F2N2O9S2. The van der Waals surface area contributed by atoms with Crippen molar-refractivity contribution in [2.45, 2.75) is 9.79 Å². The molecule has 0 aliphatic carbocycles. The number of hydrogen-bond donors (Lipinski definition) is 4. The lowest BCUT2D eigenvalue weighted by Gasteiger charge is -2.15. The van der Waals surface area contributed by atoms with E-state index in [4.69, 9.17) is 4.74 Å². The molecule has 0 aliphatic heterocycles. The molecule has 0 atom stereocenters. The van der Waals surface area contributed by atoms with E-state index in [9.17, 15) is 45.4 Å². The number of benzene rings is 3. The molecule has 3 aromatic rings. The number of methoxy groups -OCH3 is 1. The van der Waals surface area contributed by atoms with Crippen LogP contribution in [0.2, 0.25) is 0 Å². The molecule has 0 spiro atoms. The monoisotopic (exact) mass is 542 g/mol. The third-order valence-corrected chi connectivity index (χ3v) is 7.45. The number of aromatic carboxylic acids is 2. The van der Waals surface area contributed by atoms with Gasteiger partial charge in [-0.1, -0.05) is 12.1 Å². The molecule has 3 aromatic carbocycles. The van der Waals surface area contributed by atoms with Gasteiger partial charge in [-0.15, -0.1) is 0 Å². The molecule has 0 unspecified atom stereocenters. The summed E-state index contributed by atoms with van der Waals surface area (Å²) in [7, 11) is -8.16. The van der Waals surface area contributed by atoms with E-state index >= 15 is 0 Å². The maximum absolute atomic E-state index is 13.9. The van der Waals surface area contributed by atoms with E-state index < -0.39 is 81.7 Å². The lowest BCUT2D eigenvalue weighted by Crippen LogP contribution is -2.19. The van der Waals surface area contributed by atoms with E-state index in [0.717, 1.165) is 61.7 Å². The van der Waals surface area contributed by atoms with Gasteiger partial charge < -0.3 is 14.9 Å². The maximum atomic E-state index is 13.9. The largest absolute Gasteiger partial charge is 0.495 e. The highest BCUT2D eigenvalue weighted by Gasteiger charge is 2.27. The maximum Gasteiger partial charge on any atom is 0.340 e. The molecule has 0 aromatic heterocycles. The Bertz CT molecular complexity index is 1590. The molecule has 3 rings (SSSR count). The average molecular weight is 542 g/mol. The number of hydrogen-bond acceptors (Lipinski definition) is 7. The molecule has 0 fully saturated rings. The summed E-state index contributed by atoms with van der Waals surface area (Å²) in [4.78, 5) is 21.5. The molecule has 4 N–H and O–H groups in total. The molecule has 0 saturated heterocycles. The van der Waals surface area contributed by atoms with E-state index in [-0.39, 0.29) is 0 Å². The van der Waals surface area contributed by atoms with Crippen molar-refractivity contribution in [3.63, 3.8) is 0 Å². The summed E-state index contributed by atoms with van der Waals surface area (Å²) in [6.07, 6.45) is 0. The molecule has 15 heteroatoms. The summed E-state index contributed by atoms with van der Waals surface area (Å²) in [5.41, 5.74) is -3.03. The lowest BCUT2D eigenvalue weighted by molar-refractivity contribution is 0.0681. The second-order valence-corrected chi connectivity index (χ2v) is 10.3. The van der Waals surface area contributed by atoms with Gasteiger partial charge in [0, 0.05) is 6.07 Å². The summed E-state index contributed by atoms with van der Waals surface area (Å²) in [6.45, 7) is 0. The Morgan fingerprint density at radius 1 is 0.778 bits per heavy atom. The zero-order valence-electron chi connectivity index (χ0n) is 18.0. The first-order valence-corrected chi connectivity index (χ1v) is 12.5. The van der Waals surface area contributed by atoms with E-state index in [0.29, 0.717) is 0 Å². The Hall–Kier alpha value is -4.24. The van der Waals surface area contributed by atoms with Gasteiger partial charge >= 0.3 is 11.9 Å². The Morgan fingerprint density at radius 2 is 1.25 bits per heavy atom. The van der Waals surface area contributed by atoms with Gasteiger partial charge in [-0.25, -0.2) is 35.2 Å². The molecular weight excluding hydrogens is 526 g/mol. The van der Waals surface area contributed by atoms with E-state index in [1.54, 1.807) is 0 Å². The van der Waals surface area contributed by atoms with Crippen LogP contribution in [0.1, 0.15) is 20.7 Å². The summed E-state index contributed by atoms with van der Waals surface area (Å²) in [5.74, 6) is -6.35. The number of sulfonamides is 2. The van der Waals surface area contributed by atoms with E-state index in [1.165, 1.54) is 0 Å². The van der Waals surface area contributed by atoms with Crippen LogP contribution in [0.3, 0.4) is 0 Å². The highest BCUT2D eigenvalue weighted by molar-refractivity contribution is 7.93. The number of rotatable bonds is 9. The summed E-state index contributed by atoms with van der Waals surface area (Å²) in [5, 5.41) is 18.4. The van der Waals surface area contributed by atoms with Crippen LogP contribution in [0.15, 0.2) is 64.4 Å². The summed E-state index contributed by atoms with van der Waals surface area (Å²) in [6, 6.07) is 8.28. The summed E-state index contributed by atoms with van der Waals surface area (Å²) >= 11 is 0. The Morgan fingerprint density at radius 3 is 1.69 bits per heavy atom. The predicted molar refractivity (Wildman–Crippen MR) is 121 cm³/mol. The third kappa shape index (κ3) is 5.21. The van der Waals surface area contributed by atoms with E-state index in [1.807, 2.05) is 9.44 Å². The van der Waals surface area contributed by atoms with Crippen LogP contribution >= 0.6 is 0 Å². The number of halogens is 2. The van der Waals surface area contributed by atoms with Crippen molar-refractivity contribution in [3.05, 3.63) is 77.4 Å². The second kappa shape index (κ2) is 9.79. The first kappa shape index (κ1) is 26.4. The van der Waals surface area contributed by atoms with Gasteiger partial charge in [0.15, 0.2) is 0 Å². The lowest BCUT2D eigenvalue weighted by atomic mass is 10.2. The molecule has 0 aliphatic rings. The first-order chi connectivity index (χ1) is 16.8. The van der Waals surface area contributed by atoms with Gasteiger partial charge in [-0.2, -0.15) is 0 Å². The number of carbonyl (C=O) groups is 2. The number of ether oxygens (including phenoxy) is 1. The van der Waals surface area contributed by atoms with Gasteiger partial charge in [0.05, 0.1) is 23.4 Å². The SMILES string of the molecule is COc1cc(S(=O)(=O)Nc2cccc(F)c2C(=O)O)ccc1S(=O)(=O)Nc1cccc(F)c1C(=O)O. The quantitative estimate of drug-likeness (QED) is 0.317. The van der Waals surface area contributed by atoms with Crippen LogP contribution < -0.4 is 14.2 Å². The van der Waals surface area contributed by atoms with Crippen LogP contribution in [-0.4, -0.2) is 46.1 Å². The van der Waals surface area contributed by atoms with Crippen LogP contribution in [0, 0.1) is 11.6 Å². The zero-order chi connectivity index (χ0) is 26.8. The molecule has 11 nitrogen and oxygen atoms in total. The van der Waals surface area contributed by atoms with Crippen molar-refractivity contribution in [2.75, 3.05) is 16.6 Å². The molecule has 36 heavy (non-hydrogen) atoms. The smallest absolute Gasteiger partial charge is 0.340 e. The van der Waals surface area contributed by atoms with Gasteiger partial charge in [0.25, 0.3) is 20.0 Å². The van der Waals surface area contributed by atoms with Gasteiger partial charge in [-0.05, 0) is 36.4 Å². The molecule has 0 heterocycles. The fourth-order valence-corrected chi connectivity index (χ4v) is 5.40. The average Bonchev–Trinajstić information content (AvgIpc) is 2.77.